The Morgan fingerprint density at radius 3 is 2.45 bits per heavy atom. The van der Waals surface area contributed by atoms with Crippen LogP contribution in [0.1, 0.15) is 11.1 Å². The summed E-state index contributed by atoms with van der Waals surface area (Å²) in [6.07, 6.45) is 1.54. The zero-order chi connectivity index (χ0) is 14.5. The maximum Gasteiger partial charge on any atom is 0.251 e. The Bertz CT molecular complexity index is 650. The maximum absolute atomic E-state index is 11.1. The Hall–Kier alpha value is -2.33. The number of nitrogens with zero attached hydrogens (tertiary/aromatic N) is 1. The summed E-state index contributed by atoms with van der Waals surface area (Å²) in [6.45, 7) is 0. The topological polar surface area (TPSA) is 63.4 Å². The summed E-state index contributed by atoms with van der Waals surface area (Å²) in [4.78, 5) is 10.7. The molecule has 2 aromatic carbocycles. The van der Waals surface area contributed by atoms with Gasteiger partial charge in [-0.15, -0.1) is 0 Å². The number of hydrogen-bond acceptors (Lipinski definition) is 3. The van der Waals surface area contributed by atoms with Crippen LogP contribution in [0.3, 0.4) is 0 Å². The van der Waals surface area contributed by atoms with Gasteiger partial charge < -0.3 is 5.11 Å². The molecule has 0 heterocycles. The van der Waals surface area contributed by atoms with E-state index in [1.807, 2.05) is 0 Å². The Labute approximate surface area is 121 Å². The third kappa shape index (κ3) is 3.59. The van der Waals surface area contributed by atoms with E-state index in [1.165, 1.54) is 12.1 Å². The van der Waals surface area contributed by atoms with Crippen molar-refractivity contribution < 1.29 is 10.0 Å². The van der Waals surface area contributed by atoms with E-state index >= 15 is 0 Å². The van der Waals surface area contributed by atoms with Gasteiger partial charge in [0, 0.05) is 16.7 Å². The smallest absolute Gasteiger partial charge is 0.251 e. The molecule has 102 valence electrons. The van der Waals surface area contributed by atoms with Crippen LogP contribution in [0.2, 0.25) is 5.02 Å². The van der Waals surface area contributed by atoms with E-state index in [-0.39, 0.29) is 17.9 Å². The fourth-order valence-electron chi connectivity index (χ4n) is 1.77. The lowest BCUT2D eigenvalue weighted by Gasteiger charge is -2.02. The van der Waals surface area contributed by atoms with E-state index in [2.05, 4.69) is 0 Å². The molecule has 0 fully saturated rings. The minimum atomic E-state index is -0.443. The zero-order valence-electron chi connectivity index (χ0n) is 10.5. The quantitative estimate of drug-likeness (QED) is 0.685. The Morgan fingerprint density at radius 2 is 1.85 bits per heavy atom. The fraction of sp³-hybridized carbons (Fsp3) is 0.0667. The van der Waals surface area contributed by atoms with Crippen LogP contribution in [-0.4, -0.2) is 10.0 Å². The number of aromatic hydroxyl groups is 1. The van der Waals surface area contributed by atoms with Crippen LogP contribution >= 0.6 is 11.6 Å². The van der Waals surface area contributed by atoms with Crippen LogP contribution in [0, 0.1) is 10.1 Å². The molecule has 20 heavy (non-hydrogen) atoms. The molecular formula is C15H12ClNO3. The summed E-state index contributed by atoms with van der Waals surface area (Å²) >= 11 is 5.78. The molecule has 0 radical (unpaired) electrons. The molecule has 2 rings (SSSR count). The number of benzene rings is 2. The van der Waals surface area contributed by atoms with Crippen molar-refractivity contribution in [3.05, 3.63) is 80.5 Å². The van der Waals surface area contributed by atoms with Crippen molar-refractivity contribution in [3.63, 3.8) is 0 Å². The molecule has 0 aromatic heterocycles. The average Bonchev–Trinajstić information content (AvgIpc) is 2.42. The lowest BCUT2D eigenvalue weighted by molar-refractivity contribution is -0.425. The second kappa shape index (κ2) is 6.21. The number of halogens is 1. The first-order chi connectivity index (χ1) is 9.56. The van der Waals surface area contributed by atoms with Crippen LogP contribution in [0.4, 0.5) is 0 Å². The van der Waals surface area contributed by atoms with Crippen LogP contribution in [0.5, 0.6) is 5.75 Å². The van der Waals surface area contributed by atoms with Gasteiger partial charge in [0.2, 0.25) is 0 Å². The Kier molecular flexibility index (Phi) is 4.38. The summed E-state index contributed by atoms with van der Waals surface area (Å²) in [6, 6.07) is 13.4. The zero-order valence-corrected chi connectivity index (χ0v) is 11.2. The third-order valence-corrected chi connectivity index (χ3v) is 3.04. The molecule has 0 aliphatic carbocycles. The van der Waals surface area contributed by atoms with Gasteiger partial charge in [-0.05, 0) is 23.8 Å². The second-order valence-corrected chi connectivity index (χ2v) is 4.69. The van der Waals surface area contributed by atoms with Gasteiger partial charge in [0.1, 0.15) is 5.75 Å². The largest absolute Gasteiger partial charge is 0.507 e. The summed E-state index contributed by atoms with van der Waals surface area (Å²) in [5.41, 5.74) is 1.22. The molecular weight excluding hydrogens is 278 g/mol. The van der Waals surface area contributed by atoms with Gasteiger partial charge in [0.15, 0.2) is 0 Å². The Morgan fingerprint density at radius 1 is 1.20 bits per heavy atom. The third-order valence-electron chi connectivity index (χ3n) is 2.79. The fourth-order valence-corrected chi connectivity index (χ4v) is 1.89. The van der Waals surface area contributed by atoms with Crippen molar-refractivity contribution in [2.75, 3.05) is 0 Å². The highest BCUT2D eigenvalue weighted by molar-refractivity contribution is 6.30. The number of hydrogen-bond donors (Lipinski definition) is 1. The molecule has 0 unspecified atom stereocenters. The van der Waals surface area contributed by atoms with Gasteiger partial charge in [-0.25, -0.2) is 0 Å². The number of phenols is 1. The molecule has 0 aliphatic heterocycles. The predicted octanol–water partition coefficient (Wildman–Crippen LogP) is 3.91. The second-order valence-electron chi connectivity index (χ2n) is 4.25. The van der Waals surface area contributed by atoms with E-state index in [9.17, 15) is 15.2 Å². The number of rotatable bonds is 4. The predicted molar refractivity (Wildman–Crippen MR) is 78.2 cm³/mol. The molecule has 2 aromatic rings. The van der Waals surface area contributed by atoms with Crippen LogP contribution < -0.4 is 0 Å². The standard InChI is InChI=1S/C15H12ClNO3/c16-13-7-5-11(6-8-13)9-14(17(19)20)10-12-3-1-2-4-15(12)18/h1-8,10,18H,9H2/b14-10+. The van der Waals surface area contributed by atoms with Gasteiger partial charge in [0.25, 0.3) is 5.70 Å². The number of para-hydroxylation sites is 1. The molecule has 0 saturated carbocycles. The lowest BCUT2D eigenvalue weighted by atomic mass is 10.1. The van der Waals surface area contributed by atoms with Gasteiger partial charge in [-0.1, -0.05) is 41.9 Å². The monoisotopic (exact) mass is 289 g/mol. The molecule has 0 amide bonds. The lowest BCUT2D eigenvalue weighted by Crippen LogP contribution is -2.02. The van der Waals surface area contributed by atoms with E-state index in [0.29, 0.717) is 10.6 Å². The SMILES string of the molecule is O=[N+]([O-])/C(=C/c1ccccc1O)Cc1ccc(Cl)cc1. The van der Waals surface area contributed by atoms with E-state index in [4.69, 9.17) is 11.6 Å². The average molecular weight is 290 g/mol. The minimum absolute atomic E-state index is 0.00817. The molecule has 0 bridgehead atoms. The number of phenolic OH excluding ortho intramolecular Hbond substituents is 1. The summed E-state index contributed by atoms with van der Waals surface area (Å²) in [5.74, 6) is 0.0166. The van der Waals surface area contributed by atoms with Crippen molar-refractivity contribution in [1.82, 2.24) is 0 Å². The normalized spacial score (nSPS) is 11.3. The van der Waals surface area contributed by atoms with Crippen molar-refractivity contribution in [1.29, 1.82) is 0 Å². The van der Waals surface area contributed by atoms with Crippen molar-refractivity contribution >= 4 is 17.7 Å². The molecule has 4 nitrogen and oxygen atoms in total. The first kappa shape index (κ1) is 14.1. The highest BCUT2D eigenvalue weighted by Crippen LogP contribution is 2.21. The highest BCUT2D eigenvalue weighted by atomic mass is 35.5. The Balaban J connectivity index is 2.30. The molecule has 5 heteroatoms. The van der Waals surface area contributed by atoms with Crippen molar-refractivity contribution in [2.45, 2.75) is 6.42 Å². The highest BCUT2D eigenvalue weighted by Gasteiger charge is 2.13. The van der Waals surface area contributed by atoms with Crippen molar-refractivity contribution in [3.8, 4) is 5.75 Å². The first-order valence-corrected chi connectivity index (χ1v) is 6.31. The van der Waals surface area contributed by atoms with Crippen molar-refractivity contribution in [2.24, 2.45) is 0 Å². The van der Waals surface area contributed by atoms with Crippen LogP contribution in [0.25, 0.3) is 6.08 Å². The summed E-state index contributed by atoms with van der Waals surface area (Å²) in [5, 5.41) is 21.4. The summed E-state index contributed by atoms with van der Waals surface area (Å²) in [7, 11) is 0. The first-order valence-electron chi connectivity index (χ1n) is 5.93. The van der Waals surface area contributed by atoms with E-state index < -0.39 is 4.92 Å². The van der Waals surface area contributed by atoms with Gasteiger partial charge in [-0.2, -0.15) is 0 Å². The van der Waals surface area contributed by atoms with Gasteiger partial charge >= 0.3 is 0 Å². The maximum atomic E-state index is 11.1. The molecule has 0 spiro atoms. The number of allylic oxidation sites excluding steroid dienone is 1. The van der Waals surface area contributed by atoms with E-state index in [1.54, 1.807) is 42.5 Å². The molecule has 0 saturated heterocycles. The minimum Gasteiger partial charge on any atom is -0.507 e. The van der Waals surface area contributed by atoms with Crippen LogP contribution in [0.15, 0.2) is 54.2 Å². The van der Waals surface area contributed by atoms with Gasteiger partial charge in [0.05, 0.1) is 11.3 Å². The van der Waals surface area contributed by atoms with Gasteiger partial charge in [-0.3, -0.25) is 10.1 Å². The van der Waals surface area contributed by atoms with E-state index in [0.717, 1.165) is 5.56 Å². The molecule has 0 aliphatic rings. The summed E-state index contributed by atoms with van der Waals surface area (Å²) < 4.78 is 0. The molecule has 1 N–H and O–H groups in total. The number of nitro groups is 1. The molecule has 0 atom stereocenters. The van der Waals surface area contributed by atoms with Crippen LogP contribution in [-0.2, 0) is 6.42 Å².